The highest BCUT2D eigenvalue weighted by molar-refractivity contribution is 5.29. The monoisotopic (exact) mass is 287 g/mol. The Hall–Kier alpha value is -1.11. The third kappa shape index (κ3) is 3.50. The van der Waals surface area contributed by atoms with E-state index >= 15 is 0 Å². The molecule has 0 aromatic heterocycles. The predicted molar refractivity (Wildman–Crippen MR) is 72.2 cm³/mol. The third-order valence-electron chi connectivity index (χ3n) is 3.78. The largest absolute Gasteiger partial charge is 0.416 e. The Balaban J connectivity index is 2.17. The van der Waals surface area contributed by atoms with Crippen molar-refractivity contribution in [3.8, 4) is 0 Å². The second-order valence-electron chi connectivity index (χ2n) is 5.28. The molecule has 1 saturated heterocycles. The summed E-state index contributed by atoms with van der Waals surface area (Å²) in [6.45, 7) is 3.14. The Morgan fingerprint density at radius 3 is 2.60 bits per heavy atom. The Kier molecular flexibility index (Phi) is 4.67. The molecular weight excluding hydrogens is 267 g/mol. The first kappa shape index (κ1) is 15.3. The smallest absolute Gasteiger partial charge is 0.329 e. The molecule has 1 aromatic rings. The summed E-state index contributed by atoms with van der Waals surface area (Å²) < 4.78 is 39.0. The van der Waals surface area contributed by atoms with Gasteiger partial charge in [0, 0.05) is 38.8 Å². The second kappa shape index (κ2) is 6.11. The highest BCUT2D eigenvalue weighted by atomic mass is 19.4. The molecule has 0 radical (unpaired) electrons. The highest BCUT2D eigenvalue weighted by Crippen LogP contribution is 2.32. The number of hydrogen-bond donors (Lipinski definition) is 1. The summed E-state index contributed by atoms with van der Waals surface area (Å²) in [7, 11) is 2.00. The van der Waals surface area contributed by atoms with Crippen LogP contribution in [0.3, 0.4) is 0 Å². The van der Waals surface area contributed by atoms with E-state index in [0.717, 1.165) is 25.7 Å². The molecule has 2 N–H and O–H groups in total. The van der Waals surface area contributed by atoms with Crippen LogP contribution in [0.5, 0.6) is 0 Å². The van der Waals surface area contributed by atoms with Gasteiger partial charge in [0.15, 0.2) is 0 Å². The number of hydrogen-bond acceptors (Lipinski definition) is 3. The number of alkyl halides is 3. The van der Waals surface area contributed by atoms with Gasteiger partial charge in [-0.25, -0.2) is 0 Å². The molecular formula is C14H20F3N3. The Bertz CT molecular complexity index is 448. The quantitative estimate of drug-likeness (QED) is 0.920. The van der Waals surface area contributed by atoms with Crippen molar-refractivity contribution in [2.45, 2.75) is 18.8 Å². The summed E-state index contributed by atoms with van der Waals surface area (Å²) in [4.78, 5) is 4.20. The fourth-order valence-electron chi connectivity index (χ4n) is 2.63. The summed E-state index contributed by atoms with van der Waals surface area (Å²) in [6.07, 6.45) is -4.30. The maximum Gasteiger partial charge on any atom is 0.416 e. The molecule has 1 atom stereocenters. The predicted octanol–water partition coefficient (Wildman–Crippen LogP) is 1.78. The molecule has 0 amide bonds. The lowest BCUT2D eigenvalue weighted by atomic mass is 10.0. The summed E-state index contributed by atoms with van der Waals surface area (Å²) >= 11 is 0. The number of benzene rings is 1. The van der Waals surface area contributed by atoms with E-state index in [2.05, 4.69) is 4.90 Å². The van der Waals surface area contributed by atoms with Crippen molar-refractivity contribution in [1.29, 1.82) is 0 Å². The minimum atomic E-state index is -4.30. The first-order chi connectivity index (χ1) is 9.41. The molecule has 1 aliphatic rings. The van der Waals surface area contributed by atoms with Gasteiger partial charge in [-0.2, -0.15) is 13.2 Å². The molecule has 0 bridgehead atoms. The van der Waals surface area contributed by atoms with Gasteiger partial charge in [0.1, 0.15) is 0 Å². The van der Waals surface area contributed by atoms with Crippen molar-refractivity contribution in [3.63, 3.8) is 0 Å². The van der Waals surface area contributed by atoms with E-state index in [-0.39, 0.29) is 6.04 Å². The van der Waals surface area contributed by atoms with E-state index in [1.165, 1.54) is 6.07 Å². The number of likely N-dealkylation sites (N-methyl/N-ethyl adjacent to an activating group) is 1. The van der Waals surface area contributed by atoms with Crippen LogP contribution in [0.2, 0.25) is 0 Å². The second-order valence-corrected chi connectivity index (χ2v) is 5.28. The minimum absolute atomic E-state index is 0.107. The minimum Gasteiger partial charge on any atom is -0.329 e. The van der Waals surface area contributed by atoms with Crippen molar-refractivity contribution in [2.75, 3.05) is 33.2 Å². The maximum absolute atomic E-state index is 13.0. The topological polar surface area (TPSA) is 32.5 Å². The molecule has 1 heterocycles. The zero-order valence-electron chi connectivity index (χ0n) is 11.5. The van der Waals surface area contributed by atoms with Crippen LogP contribution in [-0.2, 0) is 12.7 Å². The van der Waals surface area contributed by atoms with Crippen LogP contribution in [0.1, 0.15) is 11.1 Å². The van der Waals surface area contributed by atoms with E-state index in [0.29, 0.717) is 18.7 Å². The average Bonchev–Trinajstić information content (AvgIpc) is 2.40. The Morgan fingerprint density at radius 2 is 1.95 bits per heavy atom. The summed E-state index contributed by atoms with van der Waals surface area (Å²) in [5.41, 5.74) is 5.52. The number of halogens is 3. The molecule has 1 aliphatic heterocycles. The Labute approximate surface area is 117 Å². The summed E-state index contributed by atoms with van der Waals surface area (Å²) in [5, 5.41) is 0. The lowest BCUT2D eigenvalue weighted by Crippen LogP contribution is -2.54. The van der Waals surface area contributed by atoms with Crippen LogP contribution in [0, 0.1) is 0 Å². The molecule has 1 unspecified atom stereocenters. The molecule has 6 heteroatoms. The molecule has 3 nitrogen and oxygen atoms in total. The van der Waals surface area contributed by atoms with E-state index in [1.54, 1.807) is 12.1 Å². The van der Waals surface area contributed by atoms with Gasteiger partial charge < -0.3 is 10.6 Å². The van der Waals surface area contributed by atoms with E-state index in [1.807, 2.05) is 11.9 Å². The van der Waals surface area contributed by atoms with Gasteiger partial charge >= 0.3 is 6.18 Å². The van der Waals surface area contributed by atoms with Crippen molar-refractivity contribution in [2.24, 2.45) is 5.73 Å². The van der Waals surface area contributed by atoms with E-state index in [9.17, 15) is 13.2 Å². The van der Waals surface area contributed by atoms with Crippen molar-refractivity contribution < 1.29 is 13.2 Å². The standard InChI is InChI=1S/C14H20F3N3/c1-19-6-7-20(12(8-18)10-19)9-11-4-2-3-5-13(11)14(15,16)17/h2-5,12H,6-10,18H2,1H3. The number of piperazine rings is 1. The average molecular weight is 287 g/mol. The van der Waals surface area contributed by atoms with Crippen LogP contribution in [0.15, 0.2) is 24.3 Å². The van der Waals surface area contributed by atoms with Gasteiger partial charge in [-0.15, -0.1) is 0 Å². The summed E-state index contributed by atoms with van der Waals surface area (Å²) in [6, 6.07) is 5.88. The number of nitrogens with two attached hydrogens (primary N) is 1. The van der Waals surface area contributed by atoms with Crippen LogP contribution in [0.4, 0.5) is 13.2 Å². The highest BCUT2D eigenvalue weighted by Gasteiger charge is 2.34. The molecule has 112 valence electrons. The van der Waals surface area contributed by atoms with Gasteiger partial charge in [0.2, 0.25) is 0 Å². The first-order valence-electron chi connectivity index (χ1n) is 6.69. The Morgan fingerprint density at radius 1 is 1.25 bits per heavy atom. The first-order valence-corrected chi connectivity index (χ1v) is 6.69. The van der Waals surface area contributed by atoms with Gasteiger partial charge in [-0.05, 0) is 18.7 Å². The lowest BCUT2D eigenvalue weighted by molar-refractivity contribution is -0.138. The van der Waals surface area contributed by atoms with Crippen molar-refractivity contribution in [3.05, 3.63) is 35.4 Å². The number of nitrogens with zero attached hydrogens (tertiary/aromatic N) is 2. The third-order valence-corrected chi connectivity index (χ3v) is 3.78. The number of rotatable bonds is 3. The fraction of sp³-hybridized carbons (Fsp3) is 0.571. The van der Waals surface area contributed by atoms with Gasteiger partial charge in [0.25, 0.3) is 0 Å². The molecule has 0 spiro atoms. The van der Waals surface area contributed by atoms with Gasteiger partial charge in [-0.3, -0.25) is 4.90 Å². The molecule has 0 saturated carbocycles. The maximum atomic E-state index is 13.0. The molecule has 1 fully saturated rings. The molecule has 0 aliphatic carbocycles. The van der Waals surface area contributed by atoms with Crippen LogP contribution in [0.25, 0.3) is 0 Å². The van der Waals surface area contributed by atoms with Gasteiger partial charge in [0.05, 0.1) is 5.56 Å². The molecule has 1 aromatic carbocycles. The molecule has 20 heavy (non-hydrogen) atoms. The van der Waals surface area contributed by atoms with Gasteiger partial charge in [-0.1, -0.05) is 18.2 Å². The lowest BCUT2D eigenvalue weighted by Gasteiger charge is -2.39. The van der Waals surface area contributed by atoms with Crippen molar-refractivity contribution in [1.82, 2.24) is 9.80 Å². The van der Waals surface area contributed by atoms with Crippen LogP contribution < -0.4 is 5.73 Å². The van der Waals surface area contributed by atoms with Crippen molar-refractivity contribution >= 4 is 0 Å². The van der Waals surface area contributed by atoms with Crippen LogP contribution in [-0.4, -0.2) is 49.1 Å². The van der Waals surface area contributed by atoms with E-state index in [4.69, 9.17) is 5.73 Å². The fourth-order valence-corrected chi connectivity index (χ4v) is 2.63. The SMILES string of the molecule is CN1CCN(Cc2ccccc2C(F)(F)F)C(CN)C1. The molecule has 2 rings (SSSR count). The van der Waals surface area contributed by atoms with Crippen LogP contribution >= 0.6 is 0 Å². The zero-order chi connectivity index (χ0) is 14.8. The summed E-state index contributed by atoms with van der Waals surface area (Å²) in [5.74, 6) is 0. The zero-order valence-corrected chi connectivity index (χ0v) is 11.5. The van der Waals surface area contributed by atoms with E-state index < -0.39 is 11.7 Å². The normalized spacial score (nSPS) is 22.1.